The van der Waals surface area contributed by atoms with E-state index in [1.54, 1.807) is 0 Å². The molecule has 3 aliphatic heterocycles. The van der Waals surface area contributed by atoms with E-state index in [4.69, 9.17) is 9.73 Å². The van der Waals surface area contributed by atoms with Crippen LogP contribution < -0.4 is 9.64 Å². The normalized spacial score (nSPS) is 24.1. The van der Waals surface area contributed by atoms with Gasteiger partial charge in [-0.25, -0.2) is 8.78 Å². The SMILES string of the molecule is Fc1cc2c(cc1F)C1(CO2)C2=NCCCN2c2ccccc21. The summed E-state index contributed by atoms with van der Waals surface area (Å²) >= 11 is 0. The van der Waals surface area contributed by atoms with E-state index < -0.39 is 17.0 Å². The molecule has 0 aliphatic carbocycles. The van der Waals surface area contributed by atoms with Crippen molar-refractivity contribution in [3.8, 4) is 5.75 Å². The molecule has 3 heterocycles. The number of halogens is 2. The van der Waals surface area contributed by atoms with Crippen molar-refractivity contribution in [1.29, 1.82) is 0 Å². The summed E-state index contributed by atoms with van der Waals surface area (Å²) in [4.78, 5) is 6.93. The molecule has 23 heavy (non-hydrogen) atoms. The summed E-state index contributed by atoms with van der Waals surface area (Å²) in [6.45, 7) is 1.97. The number of rotatable bonds is 0. The minimum absolute atomic E-state index is 0.331. The van der Waals surface area contributed by atoms with Gasteiger partial charge in [-0.15, -0.1) is 0 Å². The van der Waals surface area contributed by atoms with E-state index in [1.165, 1.54) is 6.07 Å². The maximum Gasteiger partial charge on any atom is 0.162 e. The van der Waals surface area contributed by atoms with Crippen molar-refractivity contribution < 1.29 is 13.5 Å². The van der Waals surface area contributed by atoms with Gasteiger partial charge < -0.3 is 9.64 Å². The van der Waals surface area contributed by atoms with Crippen molar-refractivity contribution in [2.75, 3.05) is 24.6 Å². The van der Waals surface area contributed by atoms with Crippen LogP contribution in [-0.2, 0) is 5.41 Å². The van der Waals surface area contributed by atoms with Gasteiger partial charge in [0.15, 0.2) is 11.6 Å². The van der Waals surface area contributed by atoms with Crippen LogP contribution in [0.3, 0.4) is 0 Å². The Labute approximate surface area is 132 Å². The third-order valence-corrected chi connectivity index (χ3v) is 5.02. The van der Waals surface area contributed by atoms with Crippen molar-refractivity contribution >= 4 is 11.5 Å². The number of benzene rings is 2. The van der Waals surface area contributed by atoms with Crippen LogP contribution in [0.5, 0.6) is 5.75 Å². The molecule has 5 rings (SSSR count). The molecule has 0 saturated heterocycles. The third-order valence-electron chi connectivity index (χ3n) is 5.02. The molecule has 0 radical (unpaired) electrons. The summed E-state index contributed by atoms with van der Waals surface area (Å²) in [7, 11) is 0. The Morgan fingerprint density at radius 2 is 1.91 bits per heavy atom. The molecule has 2 aromatic carbocycles. The summed E-state index contributed by atoms with van der Waals surface area (Å²) < 4.78 is 33.3. The van der Waals surface area contributed by atoms with Gasteiger partial charge in [0.2, 0.25) is 0 Å². The minimum atomic E-state index is -0.880. The van der Waals surface area contributed by atoms with Gasteiger partial charge in [0.1, 0.15) is 23.6 Å². The molecule has 1 atom stereocenters. The van der Waals surface area contributed by atoms with Crippen LogP contribution in [0, 0.1) is 11.6 Å². The van der Waals surface area contributed by atoms with E-state index in [2.05, 4.69) is 11.0 Å². The topological polar surface area (TPSA) is 24.8 Å². The predicted molar refractivity (Wildman–Crippen MR) is 83.3 cm³/mol. The maximum atomic E-state index is 13.9. The zero-order valence-electron chi connectivity index (χ0n) is 12.4. The highest BCUT2D eigenvalue weighted by atomic mass is 19.2. The molecule has 3 nitrogen and oxygen atoms in total. The van der Waals surface area contributed by atoms with E-state index in [9.17, 15) is 8.78 Å². The Hall–Kier alpha value is -2.43. The summed E-state index contributed by atoms with van der Waals surface area (Å²) in [6.07, 6.45) is 0.986. The number of anilines is 1. The van der Waals surface area contributed by atoms with Gasteiger partial charge in [0, 0.05) is 30.4 Å². The number of ether oxygens (including phenoxy) is 1. The molecule has 2 aromatic rings. The summed E-state index contributed by atoms with van der Waals surface area (Å²) in [5.74, 6) is -0.418. The van der Waals surface area contributed by atoms with Gasteiger partial charge in [-0.3, -0.25) is 4.99 Å². The Morgan fingerprint density at radius 1 is 1.09 bits per heavy atom. The van der Waals surface area contributed by atoms with Gasteiger partial charge in [0.05, 0.1) is 0 Å². The van der Waals surface area contributed by atoms with Crippen LogP contribution in [0.1, 0.15) is 17.5 Å². The number of fused-ring (bicyclic) bond motifs is 7. The lowest BCUT2D eigenvalue weighted by atomic mass is 9.76. The Kier molecular flexibility index (Phi) is 2.45. The molecule has 0 saturated carbocycles. The summed E-state index contributed by atoms with van der Waals surface area (Å²) in [5.41, 5.74) is 2.20. The van der Waals surface area contributed by atoms with Gasteiger partial charge in [-0.1, -0.05) is 18.2 Å². The highest BCUT2D eigenvalue weighted by molar-refractivity contribution is 6.15. The molecule has 5 heteroatoms. The van der Waals surface area contributed by atoms with E-state index in [-0.39, 0.29) is 0 Å². The quantitative estimate of drug-likeness (QED) is 0.746. The lowest BCUT2D eigenvalue weighted by molar-refractivity contribution is 0.324. The number of hydrogen-bond donors (Lipinski definition) is 0. The number of para-hydroxylation sites is 1. The molecule has 1 spiro atoms. The summed E-state index contributed by atoms with van der Waals surface area (Å²) in [5, 5.41) is 0. The summed E-state index contributed by atoms with van der Waals surface area (Å²) in [6, 6.07) is 10.5. The largest absolute Gasteiger partial charge is 0.491 e. The van der Waals surface area contributed by atoms with Gasteiger partial charge in [-0.2, -0.15) is 0 Å². The van der Waals surface area contributed by atoms with Crippen LogP contribution in [0.4, 0.5) is 14.5 Å². The lowest BCUT2D eigenvalue weighted by Gasteiger charge is -2.30. The fourth-order valence-electron chi connectivity index (χ4n) is 4.05. The molecule has 0 aromatic heterocycles. The first-order valence-corrected chi connectivity index (χ1v) is 7.76. The number of nitrogens with zero attached hydrogens (tertiary/aromatic N) is 2. The zero-order valence-corrected chi connectivity index (χ0v) is 12.4. The molecular weight excluding hydrogens is 298 g/mol. The van der Waals surface area contributed by atoms with E-state index in [1.807, 2.05) is 18.2 Å². The van der Waals surface area contributed by atoms with Gasteiger partial charge in [-0.05, 0) is 24.1 Å². The van der Waals surface area contributed by atoms with Crippen LogP contribution in [-0.4, -0.2) is 25.5 Å². The second-order valence-electron chi connectivity index (χ2n) is 6.18. The van der Waals surface area contributed by atoms with Crippen molar-refractivity contribution in [3.63, 3.8) is 0 Å². The Balaban J connectivity index is 1.84. The fourth-order valence-corrected chi connectivity index (χ4v) is 4.05. The first kappa shape index (κ1) is 13.0. The second-order valence-corrected chi connectivity index (χ2v) is 6.18. The Morgan fingerprint density at radius 3 is 2.83 bits per heavy atom. The number of aliphatic imine (C=N–C) groups is 1. The third kappa shape index (κ3) is 1.49. The monoisotopic (exact) mass is 312 g/mol. The van der Waals surface area contributed by atoms with Crippen LogP contribution in [0.25, 0.3) is 0 Å². The maximum absolute atomic E-state index is 13.9. The van der Waals surface area contributed by atoms with Crippen molar-refractivity contribution in [3.05, 3.63) is 59.2 Å². The van der Waals surface area contributed by atoms with Crippen molar-refractivity contribution in [1.82, 2.24) is 0 Å². The molecular formula is C18H14F2N2O. The smallest absolute Gasteiger partial charge is 0.162 e. The molecule has 0 fully saturated rings. The van der Waals surface area contributed by atoms with Crippen LogP contribution in [0.15, 0.2) is 41.4 Å². The highest BCUT2D eigenvalue weighted by Gasteiger charge is 2.55. The number of amidine groups is 1. The molecule has 116 valence electrons. The average Bonchev–Trinajstić information content (AvgIpc) is 3.08. The van der Waals surface area contributed by atoms with Crippen molar-refractivity contribution in [2.24, 2.45) is 4.99 Å². The van der Waals surface area contributed by atoms with E-state index in [0.29, 0.717) is 17.9 Å². The standard InChI is InChI=1S/C18H14F2N2O/c19-13-8-12-16(9-14(13)20)23-10-18(12)11-4-1-2-5-15(11)22-7-3-6-21-17(18)22/h1-2,4-5,8-9H,3,6-7,10H2. The Bertz CT molecular complexity index is 864. The minimum Gasteiger partial charge on any atom is -0.491 e. The van der Waals surface area contributed by atoms with E-state index in [0.717, 1.165) is 42.7 Å². The molecule has 0 N–H and O–H groups in total. The predicted octanol–water partition coefficient (Wildman–Crippen LogP) is 3.27. The average molecular weight is 312 g/mol. The van der Waals surface area contributed by atoms with Crippen LogP contribution >= 0.6 is 0 Å². The molecule has 1 unspecified atom stereocenters. The fraction of sp³-hybridized carbons (Fsp3) is 0.278. The molecule has 3 aliphatic rings. The van der Waals surface area contributed by atoms with Gasteiger partial charge >= 0.3 is 0 Å². The van der Waals surface area contributed by atoms with E-state index >= 15 is 0 Å². The molecule has 0 bridgehead atoms. The highest BCUT2D eigenvalue weighted by Crippen LogP contribution is 2.53. The number of hydrogen-bond acceptors (Lipinski definition) is 3. The molecule has 0 amide bonds. The first-order chi connectivity index (χ1) is 11.2. The second kappa shape index (κ2) is 4.31. The van der Waals surface area contributed by atoms with Crippen LogP contribution in [0.2, 0.25) is 0 Å². The zero-order chi connectivity index (χ0) is 15.6. The van der Waals surface area contributed by atoms with Crippen molar-refractivity contribution in [2.45, 2.75) is 11.8 Å². The van der Waals surface area contributed by atoms with Gasteiger partial charge in [0.25, 0.3) is 0 Å². The lowest BCUT2D eigenvalue weighted by Crippen LogP contribution is -2.45. The first-order valence-electron chi connectivity index (χ1n) is 7.76.